The number of amides is 1. The minimum absolute atomic E-state index is 0.0966. The Balaban J connectivity index is 1.71. The molecule has 1 aliphatic heterocycles. The number of rotatable bonds is 3. The fourth-order valence-corrected chi connectivity index (χ4v) is 2.53. The number of nitrogens with one attached hydrogen (secondary N) is 1. The van der Waals surface area contributed by atoms with E-state index in [9.17, 15) is 9.59 Å². The molecule has 1 N–H and O–H groups in total. The van der Waals surface area contributed by atoms with E-state index in [0.717, 1.165) is 0 Å². The smallest absolute Gasteiger partial charge is 0.255 e. The van der Waals surface area contributed by atoms with Gasteiger partial charge in [0.15, 0.2) is 0 Å². The Labute approximate surface area is 126 Å². The summed E-state index contributed by atoms with van der Waals surface area (Å²) < 4.78 is 7.36. The zero-order valence-corrected chi connectivity index (χ0v) is 12.2. The molecule has 0 spiro atoms. The number of H-pyrrole nitrogens is 1. The molecule has 3 heterocycles. The first kappa shape index (κ1) is 14.5. The van der Waals surface area contributed by atoms with Crippen molar-refractivity contribution in [1.29, 1.82) is 0 Å². The van der Waals surface area contributed by atoms with Crippen LogP contribution in [-0.2, 0) is 11.3 Å². The monoisotopic (exact) mass is 303 g/mol. The lowest BCUT2D eigenvalue weighted by atomic mass is 10.1. The molecule has 1 atom stereocenters. The number of aromatic amines is 1. The SMILES string of the molecule is Cc1[nH]c(=O)ccc1C(=O)N1CCOC(Cn2ccnn2)C1. The molecular formula is C14H17N5O3. The molecule has 0 aromatic carbocycles. The van der Waals surface area contributed by atoms with Crippen molar-refractivity contribution in [1.82, 2.24) is 24.9 Å². The number of carbonyl (C=O) groups is 1. The summed E-state index contributed by atoms with van der Waals surface area (Å²) in [5, 5.41) is 7.66. The number of hydrogen-bond donors (Lipinski definition) is 1. The summed E-state index contributed by atoms with van der Waals surface area (Å²) in [6.07, 6.45) is 3.24. The van der Waals surface area contributed by atoms with Gasteiger partial charge in [0.25, 0.3) is 5.91 Å². The first-order valence-electron chi connectivity index (χ1n) is 7.08. The molecule has 1 fully saturated rings. The molecule has 3 rings (SSSR count). The third kappa shape index (κ3) is 3.06. The van der Waals surface area contributed by atoms with Crippen LogP contribution in [0.15, 0.2) is 29.3 Å². The van der Waals surface area contributed by atoms with Gasteiger partial charge in [-0.3, -0.25) is 9.59 Å². The van der Waals surface area contributed by atoms with Crippen LogP contribution >= 0.6 is 0 Å². The molecule has 0 radical (unpaired) electrons. The van der Waals surface area contributed by atoms with Crippen LogP contribution in [0.1, 0.15) is 16.1 Å². The Kier molecular flexibility index (Phi) is 4.01. The van der Waals surface area contributed by atoms with Crippen molar-refractivity contribution in [3.63, 3.8) is 0 Å². The number of morpholine rings is 1. The number of carbonyl (C=O) groups excluding carboxylic acids is 1. The van der Waals surface area contributed by atoms with Crippen molar-refractivity contribution in [3.05, 3.63) is 46.1 Å². The van der Waals surface area contributed by atoms with Crippen molar-refractivity contribution in [2.24, 2.45) is 0 Å². The van der Waals surface area contributed by atoms with Gasteiger partial charge in [0, 0.05) is 31.0 Å². The number of nitrogens with zero attached hydrogens (tertiary/aromatic N) is 4. The van der Waals surface area contributed by atoms with Gasteiger partial charge in [0.2, 0.25) is 5.56 Å². The third-order valence-corrected chi connectivity index (χ3v) is 3.64. The molecule has 1 unspecified atom stereocenters. The number of ether oxygens (including phenoxy) is 1. The summed E-state index contributed by atoms with van der Waals surface area (Å²) in [5.41, 5.74) is 0.887. The summed E-state index contributed by atoms with van der Waals surface area (Å²) in [7, 11) is 0. The maximum absolute atomic E-state index is 12.6. The van der Waals surface area contributed by atoms with E-state index in [-0.39, 0.29) is 17.6 Å². The Morgan fingerprint density at radius 1 is 1.50 bits per heavy atom. The standard InChI is InChI=1S/C14H17N5O3/c1-10-12(2-3-13(20)16-10)14(21)18-6-7-22-11(8-18)9-19-5-4-15-17-19/h2-5,11H,6-9H2,1H3,(H,16,20). The number of aromatic nitrogens is 4. The van der Waals surface area contributed by atoms with Crippen LogP contribution < -0.4 is 5.56 Å². The molecule has 8 heteroatoms. The highest BCUT2D eigenvalue weighted by molar-refractivity contribution is 5.95. The molecular weight excluding hydrogens is 286 g/mol. The summed E-state index contributed by atoms with van der Waals surface area (Å²) in [6, 6.07) is 2.94. The fraction of sp³-hybridized carbons (Fsp3) is 0.429. The van der Waals surface area contributed by atoms with Gasteiger partial charge in [0.05, 0.1) is 31.0 Å². The second-order valence-corrected chi connectivity index (χ2v) is 5.23. The second-order valence-electron chi connectivity index (χ2n) is 5.23. The number of hydrogen-bond acceptors (Lipinski definition) is 5. The normalized spacial score (nSPS) is 18.4. The molecule has 1 aliphatic rings. The average Bonchev–Trinajstić information content (AvgIpc) is 3.00. The van der Waals surface area contributed by atoms with E-state index in [1.54, 1.807) is 35.0 Å². The van der Waals surface area contributed by atoms with Gasteiger partial charge in [-0.25, -0.2) is 4.68 Å². The predicted octanol–water partition coefficient (Wildman–Crippen LogP) is -0.184. The Morgan fingerprint density at radius 3 is 3.09 bits per heavy atom. The second kappa shape index (κ2) is 6.10. The molecule has 2 aromatic heterocycles. The summed E-state index contributed by atoms with van der Waals surface area (Å²) in [4.78, 5) is 28.2. The van der Waals surface area contributed by atoms with Crippen molar-refractivity contribution in [3.8, 4) is 0 Å². The van der Waals surface area contributed by atoms with E-state index in [1.807, 2.05) is 0 Å². The van der Waals surface area contributed by atoms with Crippen molar-refractivity contribution in [2.45, 2.75) is 19.6 Å². The van der Waals surface area contributed by atoms with Crippen LogP contribution in [-0.4, -0.2) is 56.6 Å². The maximum atomic E-state index is 12.6. The Morgan fingerprint density at radius 2 is 2.36 bits per heavy atom. The molecule has 22 heavy (non-hydrogen) atoms. The van der Waals surface area contributed by atoms with Gasteiger partial charge in [-0.1, -0.05) is 5.21 Å². The lowest BCUT2D eigenvalue weighted by Crippen LogP contribution is -2.47. The topological polar surface area (TPSA) is 93.1 Å². The van der Waals surface area contributed by atoms with Gasteiger partial charge < -0.3 is 14.6 Å². The highest BCUT2D eigenvalue weighted by atomic mass is 16.5. The van der Waals surface area contributed by atoms with Crippen molar-refractivity contribution < 1.29 is 9.53 Å². The lowest BCUT2D eigenvalue weighted by molar-refractivity contribution is -0.0302. The average molecular weight is 303 g/mol. The first-order chi connectivity index (χ1) is 10.6. The van der Waals surface area contributed by atoms with Gasteiger partial charge in [-0.05, 0) is 13.0 Å². The largest absolute Gasteiger partial charge is 0.373 e. The molecule has 1 saturated heterocycles. The zero-order chi connectivity index (χ0) is 15.5. The van der Waals surface area contributed by atoms with E-state index in [2.05, 4.69) is 15.3 Å². The summed E-state index contributed by atoms with van der Waals surface area (Å²) in [5.74, 6) is -0.0966. The first-order valence-corrected chi connectivity index (χ1v) is 7.08. The van der Waals surface area contributed by atoms with Gasteiger partial charge in [0.1, 0.15) is 0 Å². The fourth-order valence-electron chi connectivity index (χ4n) is 2.53. The molecule has 116 valence electrons. The predicted molar refractivity (Wildman–Crippen MR) is 77.5 cm³/mol. The van der Waals surface area contributed by atoms with E-state index >= 15 is 0 Å². The molecule has 0 saturated carbocycles. The molecule has 0 bridgehead atoms. The third-order valence-electron chi connectivity index (χ3n) is 3.64. The Hall–Kier alpha value is -2.48. The number of aryl methyl sites for hydroxylation is 1. The van der Waals surface area contributed by atoms with E-state index in [1.165, 1.54) is 6.07 Å². The summed E-state index contributed by atoms with van der Waals surface area (Å²) >= 11 is 0. The van der Waals surface area contributed by atoms with Gasteiger partial charge in [-0.15, -0.1) is 5.10 Å². The van der Waals surface area contributed by atoms with Crippen LogP contribution in [0.4, 0.5) is 0 Å². The van der Waals surface area contributed by atoms with Gasteiger partial charge in [-0.2, -0.15) is 0 Å². The molecule has 8 nitrogen and oxygen atoms in total. The van der Waals surface area contributed by atoms with Crippen molar-refractivity contribution >= 4 is 5.91 Å². The highest BCUT2D eigenvalue weighted by Crippen LogP contribution is 2.13. The van der Waals surface area contributed by atoms with Crippen LogP contribution in [0.5, 0.6) is 0 Å². The van der Waals surface area contributed by atoms with E-state index in [0.29, 0.717) is 37.5 Å². The highest BCUT2D eigenvalue weighted by Gasteiger charge is 2.26. The maximum Gasteiger partial charge on any atom is 0.255 e. The van der Waals surface area contributed by atoms with Crippen LogP contribution in [0.2, 0.25) is 0 Å². The molecule has 0 aliphatic carbocycles. The number of pyridine rings is 1. The minimum atomic E-state index is -0.208. The van der Waals surface area contributed by atoms with Crippen LogP contribution in [0, 0.1) is 6.92 Å². The molecule has 1 amide bonds. The minimum Gasteiger partial charge on any atom is -0.373 e. The molecule has 2 aromatic rings. The van der Waals surface area contributed by atoms with Gasteiger partial charge >= 0.3 is 0 Å². The quantitative estimate of drug-likeness (QED) is 0.849. The van der Waals surface area contributed by atoms with Crippen molar-refractivity contribution in [2.75, 3.05) is 19.7 Å². The zero-order valence-electron chi connectivity index (χ0n) is 12.2. The van der Waals surface area contributed by atoms with Crippen LogP contribution in [0.3, 0.4) is 0 Å². The van der Waals surface area contributed by atoms with E-state index < -0.39 is 0 Å². The van der Waals surface area contributed by atoms with E-state index in [4.69, 9.17) is 4.74 Å². The Bertz CT molecular complexity index is 710. The van der Waals surface area contributed by atoms with Crippen LogP contribution in [0.25, 0.3) is 0 Å². The lowest BCUT2D eigenvalue weighted by Gasteiger charge is -2.33. The summed E-state index contributed by atoms with van der Waals surface area (Å²) in [6.45, 7) is 3.77.